The van der Waals surface area contributed by atoms with Crippen LogP contribution in [0.15, 0.2) is 0 Å². The van der Waals surface area contributed by atoms with Gasteiger partial charge in [0.05, 0.1) is 0 Å². The number of carboxylic acids is 1. The van der Waals surface area contributed by atoms with E-state index in [1.165, 1.54) is 0 Å². The maximum atomic E-state index is 10.4. The molecule has 0 amide bonds. The maximum Gasteiger partial charge on any atom is 0.332 e. The number of carboxylic acid groups (broad SMARTS) is 1. The highest BCUT2D eigenvalue weighted by Crippen LogP contribution is 2.01. The number of carbonyl (C=O) groups is 1. The first kappa shape index (κ1) is 9.99. The molecule has 0 heterocycles. The third kappa shape index (κ3) is 3.64. The molecule has 0 rings (SSSR count). The standard InChI is InChI=1S/C8H12O3/c1-4-6(3)11-7(5-2)8(9)10/h1,6-7H,5H2,2-3H3,(H,9,10). The van der Waals surface area contributed by atoms with E-state index in [2.05, 4.69) is 5.92 Å². The molecule has 1 N–H and O–H groups in total. The van der Waals surface area contributed by atoms with Gasteiger partial charge in [-0.2, -0.15) is 0 Å². The molecule has 3 nitrogen and oxygen atoms in total. The predicted molar refractivity (Wildman–Crippen MR) is 41.1 cm³/mol. The Morgan fingerprint density at radius 3 is 2.64 bits per heavy atom. The number of aliphatic carboxylic acids is 1. The number of rotatable bonds is 4. The molecule has 3 heteroatoms. The van der Waals surface area contributed by atoms with Crippen molar-refractivity contribution < 1.29 is 14.6 Å². The van der Waals surface area contributed by atoms with Gasteiger partial charge in [0, 0.05) is 0 Å². The van der Waals surface area contributed by atoms with Crippen LogP contribution in [0.3, 0.4) is 0 Å². The number of hydrogen-bond acceptors (Lipinski definition) is 2. The van der Waals surface area contributed by atoms with Crippen LogP contribution in [-0.4, -0.2) is 23.3 Å². The highest BCUT2D eigenvalue weighted by Gasteiger charge is 2.17. The molecule has 0 aliphatic rings. The van der Waals surface area contributed by atoms with Crippen LogP contribution in [0, 0.1) is 12.3 Å². The van der Waals surface area contributed by atoms with Crippen LogP contribution in [0.25, 0.3) is 0 Å². The molecular weight excluding hydrogens is 144 g/mol. The minimum absolute atomic E-state index is 0.432. The first-order chi connectivity index (χ1) is 5.11. The van der Waals surface area contributed by atoms with Crippen molar-refractivity contribution in [3.05, 3.63) is 0 Å². The lowest BCUT2D eigenvalue weighted by molar-refractivity contribution is -0.152. The molecule has 0 radical (unpaired) electrons. The van der Waals surface area contributed by atoms with Gasteiger partial charge in [0.1, 0.15) is 6.10 Å². The van der Waals surface area contributed by atoms with Gasteiger partial charge in [0.2, 0.25) is 0 Å². The second kappa shape index (κ2) is 4.75. The molecule has 0 aliphatic heterocycles. The Bertz CT molecular complexity index is 169. The number of terminal acetylenes is 1. The molecule has 0 aromatic heterocycles. The van der Waals surface area contributed by atoms with Gasteiger partial charge in [-0.25, -0.2) is 4.79 Å². The van der Waals surface area contributed by atoms with E-state index in [-0.39, 0.29) is 0 Å². The summed E-state index contributed by atoms with van der Waals surface area (Å²) < 4.78 is 4.97. The zero-order chi connectivity index (χ0) is 8.85. The second-order valence-electron chi connectivity index (χ2n) is 2.18. The molecule has 0 saturated carbocycles. The van der Waals surface area contributed by atoms with Crippen molar-refractivity contribution in [1.29, 1.82) is 0 Å². The van der Waals surface area contributed by atoms with Crippen molar-refractivity contribution in [3.63, 3.8) is 0 Å². The summed E-state index contributed by atoms with van der Waals surface area (Å²) in [7, 11) is 0. The van der Waals surface area contributed by atoms with E-state index in [1.807, 2.05) is 0 Å². The molecule has 0 bridgehead atoms. The van der Waals surface area contributed by atoms with E-state index < -0.39 is 18.2 Å². The lowest BCUT2D eigenvalue weighted by atomic mass is 10.3. The first-order valence-electron chi connectivity index (χ1n) is 3.46. The van der Waals surface area contributed by atoms with Crippen molar-refractivity contribution in [2.45, 2.75) is 32.5 Å². The van der Waals surface area contributed by atoms with E-state index in [0.29, 0.717) is 6.42 Å². The summed E-state index contributed by atoms with van der Waals surface area (Å²) in [6.45, 7) is 3.38. The monoisotopic (exact) mass is 156 g/mol. The fourth-order valence-electron chi connectivity index (χ4n) is 0.615. The molecule has 0 aliphatic carbocycles. The lowest BCUT2D eigenvalue weighted by Gasteiger charge is -2.13. The average Bonchev–Trinajstić information content (AvgIpc) is 1.99. The van der Waals surface area contributed by atoms with E-state index >= 15 is 0 Å². The minimum atomic E-state index is -0.963. The largest absolute Gasteiger partial charge is 0.479 e. The van der Waals surface area contributed by atoms with Crippen LogP contribution < -0.4 is 0 Å². The lowest BCUT2D eigenvalue weighted by Crippen LogP contribution is -2.26. The summed E-state index contributed by atoms with van der Waals surface area (Å²) in [6.07, 6.45) is 4.23. The van der Waals surface area contributed by atoms with Crippen molar-refractivity contribution in [3.8, 4) is 12.3 Å². The predicted octanol–water partition coefficient (Wildman–Crippen LogP) is 0.888. The third-order valence-electron chi connectivity index (χ3n) is 1.25. The van der Waals surface area contributed by atoms with E-state index in [0.717, 1.165) is 0 Å². The van der Waals surface area contributed by atoms with Crippen molar-refractivity contribution >= 4 is 5.97 Å². The van der Waals surface area contributed by atoms with Gasteiger partial charge in [-0.1, -0.05) is 12.8 Å². The molecule has 0 saturated heterocycles. The van der Waals surface area contributed by atoms with Crippen molar-refractivity contribution in [2.24, 2.45) is 0 Å². The Morgan fingerprint density at radius 1 is 1.82 bits per heavy atom. The normalized spacial score (nSPS) is 15.0. The molecular formula is C8H12O3. The minimum Gasteiger partial charge on any atom is -0.479 e. The van der Waals surface area contributed by atoms with E-state index in [4.69, 9.17) is 16.3 Å². The van der Waals surface area contributed by atoms with Gasteiger partial charge >= 0.3 is 5.97 Å². The Hall–Kier alpha value is -1.01. The van der Waals surface area contributed by atoms with Crippen molar-refractivity contribution in [2.75, 3.05) is 0 Å². The molecule has 0 aromatic carbocycles. The average molecular weight is 156 g/mol. The third-order valence-corrected chi connectivity index (χ3v) is 1.25. The Labute approximate surface area is 66.4 Å². The molecule has 0 fully saturated rings. The van der Waals surface area contributed by atoms with Gasteiger partial charge in [-0.05, 0) is 13.3 Å². The number of hydrogen-bond donors (Lipinski definition) is 1. The second-order valence-corrected chi connectivity index (χ2v) is 2.18. The molecule has 62 valence electrons. The highest BCUT2D eigenvalue weighted by atomic mass is 16.5. The zero-order valence-electron chi connectivity index (χ0n) is 6.70. The Balaban J connectivity index is 3.90. The fraction of sp³-hybridized carbons (Fsp3) is 0.625. The summed E-state index contributed by atoms with van der Waals surface area (Å²) >= 11 is 0. The highest BCUT2D eigenvalue weighted by molar-refractivity contribution is 5.72. The Kier molecular flexibility index (Phi) is 4.32. The summed E-state index contributed by atoms with van der Waals surface area (Å²) in [5.74, 6) is 1.34. The zero-order valence-corrected chi connectivity index (χ0v) is 6.70. The van der Waals surface area contributed by atoms with Gasteiger partial charge in [0.15, 0.2) is 6.10 Å². The maximum absolute atomic E-state index is 10.4. The molecule has 11 heavy (non-hydrogen) atoms. The van der Waals surface area contributed by atoms with E-state index in [1.54, 1.807) is 13.8 Å². The molecule has 2 atom stereocenters. The van der Waals surface area contributed by atoms with Crippen LogP contribution in [0.5, 0.6) is 0 Å². The van der Waals surface area contributed by atoms with E-state index in [9.17, 15) is 4.79 Å². The number of ether oxygens (including phenoxy) is 1. The molecule has 0 spiro atoms. The topological polar surface area (TPSA) is 46.5 Å². The summed E-state index contributed by atoms with van der Waals surface area (Å²) in [6, 6.07) is 0. The van der Waals surface area contributed by atoms with Gasteiger partial charge < -0.3 is 9.84 Å². The SMILES string of the molecule is C#CC(C)OC(CC)C(=O)O. The van der Waals surface area contributed by atoms with Crippen LogP contribution >= 0.6 is 0 Å². The van der Waals surface area contributed by atoms with Gasteiger partial charge in [-0.15, -0.1) is 6.42 Å². The summed E-state index contributed by atoms with van der Waals surface area (Å²) in [5, 5.41) is 8.52. The van der Waals surface area contributed by atoms with Gasteiger partial charge in [-0.3, -0.25) is 0 Å². The molecule has 2 unspecified atom stereocenters. The quantitative estimate of drug-likeness (QED) is 0.615. The van der Waals surface area contributed by atoms with Crippen LogP contribution in [-0.2, 0) is 9.53 Å². The van der Waals surface area contributed by atoms with Crippen LogP contribution in [0.4, 0.5) is 0 Å². The first-order valence-corrected chi connectivity index (χ1v) is 3.46. The molecule has 0 aromatic rings. The summed E-state index contributed by atoms with van der Waals surface area (Å²) in [5.41, 5.74) is 0. The Morgan fingerprint density at radius 2 is 2.36 bits per heavy atom. The summed E-state index contributed by atoms with van der Waals surface area (Å²) in [4.78, 5) is 10.4. The fourth-order valence-corrected chi connectivity index (χ4v) is 0.615. The van der Waals surface area contributed by atoms with Crippen LogP contribution in [0.2, 0.25) is 0 Å². The smallest absolute Gasteiger partial charge is 0.332 e. The van der Waals surface area contributed by atoms with Crippen LogP contribution in [0.1, 0.15) is 20.3 Å². The van der Waals surface area contributed by atoms with Gasteiger partial charge in [0.25, 0.3) is 0 Å². The van der Waals surface area contributed by atoms with Crippen molar-refractivity contribution in [1.82, 2.24) is 0 Å².